The number of carboxylic acids is 1. The molecule has 88 valence electrons. The molecule has 1 aromatic rings. The first-order valence-electron chi connectivity index (χ1n) is 4.74. The molecule has 6 heteroatoms. The standard InChI is InChI=1S/C10H14N2O4/c1-12(5-7-2-3-16-6-7)10(15)8(11)4-9(13)14/h2-3,6,8H,4-5,11H2,1H3,(H,13,14). The van der Waals surface area contributed by atoms with Crippen molar-refractivity contribution in [1.29, 1.82) is 0 Å². The van der Waals surface area contributed by atoms with Crippen LogP contribution in [0.4, 0.5) is 0 Å². The highest BCUT2D eigenvalue weighted by Crippen LogP contribution is 2.05. The van der Waals surface area contributed by atoms with E-state index >= 15 is 0 Å². The summed E-state index contributed by atoms with van der Waals surface area (Å²) in [4.78, 5) is 23.4. The van der Waals surface area contributed by atoms with E-state index in [0.717, 1.165) is 5.56 Å². The van der Waals surface area contributed by atoms with Gasteiger partial charge in [-0.2, -0.15) is 0 Å². The second-order valence-electron chi connectivity index (χ2n) is 3.53. The number of carboxylic acid groups (broad SMARTS) is 1. The van der Waals surface area contributed by atoms with E-state index in [2.05, 4.69) is 0 Å². The molecular formula is C10H14N2O4. The molecule has 1 amide bonds. The molecule has 3 N–H and O–H groups in total. The molecule has 0 bridgehead atoms. The number of hydrogen-bond acceptors (Lipinski definition) is 4. The van der Waals surface area contributed by atoms with Crippen molar-refractivity contribution in [3.8, 4) is 0 Å². The van der Waals surface area contributed by atoms with Gasteiger partial charge in [-0.05, 0) is 6.07 Å². The Morgan fingerprint density at radius 3 is 2.81 bits per heavy atom. The van der Waals surface area contributed by atoms with Crippen LogP contribution in [-0.4, -0.2) is 35.0 Å². The Balaban J connectivity index is 2.50. The second kappa shape index (κ2) is 5.32. The van der Waals surface area contributed by atoms with E-state index in [9.17, 15) is 9.59 Å². The Kier molecular flexibility index (Phi) is 4.07. The lowest BCUT2D eigenvalue weighted by molar-refractivity contribution is -0.141. The maximum atomic E-state index is 11.6. The Morgan fingerprint density at radius 1 is 1.62 bits per heavy atom. The number of carbonyl (C=O) groups excluding carboxylic acids is 1. The summed E-state index contributed by atoms with van der Waals surface area (Å²) in [5.41, 5.74) is 6.28. The topological polar surface area (TPSA) is 96.8 Å². The maximum absolute atomic E-state index is 11.6. The number of carbonyl (C=O) groups is 2. The van der Waals surface area contributed by atoms with E-state index in [4.69, 9.17) is 15.3 Å². The molecule has 0 aliphatic heterocycles. The Labute approximate surface area is 92.6 Å². The van der Waals surface area contributed by atoms with Crippen molar-refractivity contribution in [3.63, 3.8) is 0 Å². The van der Waals surface area contributed by atoms with Gasteiger partial charge in [0.05, 0.1) is 25.0 Å². The molecule has 0 spiro atoms. The Hall–Kier alpha value is -1.82. The van der Waals surface area contributed by atoms with Crippen LogP contribution < -0.4 is 5.73 Å². The number of aliphatic carboxylic acids is 1. The molecule has 1 unspecified atom stereocenters. The number of likely N-dealkylation sites (N-methyl/N-ethyl adjacent to an activating group) is 1. The summed E-state index contributed by atoms with van der Waals surface area (Å²) in [6, 6.07) is 0.723. The van der Waals surface area contributed by atoms with Gasteiger partial charge in [0.15, 0.2) is 0 Å². The van der Waals surface area contributed by atoms with Gasteiger partial charge in [0.2, 0.25) is 5.91 Å². The average Bonchev–Trinajstić information content (AvgIpc) is 2.68. The van der Waals surface area contributed by atoms with Crippen molar-refractivity contribution in [3.05, 3.63) is 24.2 Å². The number of furan rings is 1. The highest BCUT2D eigenvalue weighted by molar-refractivity contribution is 5.85. The molecule has 0 aromatic carbocycles. The monoisotopic (exact) mass is 226 g/mol. The molecule has 0 fully saturated rings. The summed E-state index contributed by atoms with van der Waals surface area (Å²) in [5.74, 6) is -1.49. The third kappa shape index (κ3) is 3.39. The summed E-state index contributed by atoms with van der Waals surface area (Å²) >= 11 is 0. The minimum absolute atomic E-state index is 0.350. The van der Waals surface area contributed by atoms with Crippen LogP contribution in [0.1, 0.15) is 12.0 Å². The first-order valence-corrected chi connectivity index (χ1v) is 4.74. The molecule has 1 atom stereocenters. The molecule has 6 nitrogen and oxygen atoms in total. The van der Waals surface area contributed by atoms with Gasteiger partial charge in [-0.15, -0.1) is 0 Å². The fourth-order valence-electron chi connectivity index (χ4n) is 1.29. The van der Waals surface area contributed by atoms with E-state index < -0.39 is 17.9 Å². The molecule has 0 saturated heterocycles. The molecule has 1 heterocycles. The van der Waals surface area contributed by atoms with Crippen molar-refractivity contribution in [2.75, 3.05) is 7.05 Å². The Morgan fingerprint density at radius 2 is 2.31 bits per heavy atom. The van der Waals surface area contributed by atoms with Gasteiger partial charge in [0.25, 0.3) is 0 Å². The van der Waals surface area contributed by atoms with Gasteiger partial charge in [0.1, 0.15) is 0 Å². The third-order valence-electron chi connectivity index (χ3n) is 2.09. The summed E-state index contributed by atoms with van der Waals surface area (Å²) in [5, 5.41) is 8.51. The first kappa shape index (κ1) is 12.3. The van der Waals surface area contributed by atoms with Gasteiger partial charge in [-0.1, -0.05) is 0 Å². The zero-order chi connectivity index (χ0) is 12.1. The lowest BCUT2D eigenvalue weighted by Gasteiger charge is -2.19. The molecule has 1 rings (SSSR count). The van der Waals surface area contributed by atoms with Crippen molar-refractivity contribution in [1.82, 2.24) is 4.90 Å². The summed E-state index contributed by atoms with van der Waals surface area (Å²) < 4.78 is 4.86. The van der Waals surface area contributed by atoms with Crippen LogP contribution in [0.3, 0.4) is 0 Å². The summed E-state index contributed by atoms with van der Waals surface area (Å²) in [6.07, 6.45) is 2.66. The Bertz CT molecular complexity index is 361. The molecule has 0 radical (unpaired) electrons. The van der Waals surface area contributed by atoms with Crippen LogP contribution in [0.25, 0.3) is 0 Å². The lowest BCUT2D eigenvalue weighted by atomic mass is 10.2. The fourth-order valence-corrected chi connectivity index (χ4v) is 1.29. The van der Waals surface area contributed by atoms with Crippen molar-refractivity contribution < 1.29 is 19.1 Å². The third-order valence-corrected chi connectivity index (χ3v) is 2.09. The number of nitrogens with two attached hydrogens (primary N) is 1. The predicted molar refractivity (Wildman–Crippen MR) is 55.4 cm³/mol. The molecule has 16 heavy (non-hydrogen) atoms. The molecule has 1 aromatic heterocycles. The maximum Gasteiger partial charge on any atom is 0.305 e. The highest BCUT2D eigenvalue weighted by atomic mass is 16.4. The molecule has 0 aliphatic rings. The SMILES string of the molecule is CN(Cc1ccoc1)C(=O)C(N)CC(=O)O. The summed E-state index contributed by atoms with van der Waals surface area (Å²) in [6.45, 7) is 0.350. The molecular weight excluding hydrogens is 212 g/mol. The van der Waals surface area contributed by atoms with Crippen LogP contribution in [-0.2, 0) is 16.1 Å². The van der Waals surface area contributed by atoms with Crippen molar-refractivity contribution in [2.45, 2.75) is 19.0 Å². The van der Waals surface area contributed by atoms with Crippen molar-refractivity contribution >= 4 is 11.9 Å². The van der Waals surface area contributed by atoms with Crippen LogP contribution >= 0.6 is 0 Å². The minimum atomic E-state index is -1.09. The predicted octanol–water partition coefficient (Wildman–Crippen LogP) is 0.0400. The van der Waals surface area contributed by atoms with Crippen LogP contribution in [0.5, 0.6) is 0 Å². The minimum Gasteiger partial charge on any atom is -0.481 e. The van der Waals surface area contributed by atoms with E-state index in [1.54, 1.807) is 13.1 Å². The van der Waals surface area contributed by atoms with Crippen LogP contribution in [0, 0.1) is 0 Å². The zero-order valence-corrected chi connectivity index (χ0v) is 8.92. The van der Waals surface area contributed by atoms with Gasteiger partial charge in [-0.25, -0.2) is 0 Å². The smallest absolute Gasteiger partial charge is 0.305 e. The number of amides is 1. The normalized spacial score (nSPS) is 12.1. The molecule has 0 aliphatic carbocycles. The van der Waals surface area contributed by atoms with Gasteiger partial charge >= 0.3 is 5.97 Å². The quantitative estimate of drug-likeness (QED) is 0.738. The van der Waals surface area contributed by atoms with E-state index in [1.807, 2.05) is 0 Å². The van der Waals surface area contributed by atoms with Crippen LogP contribution in [0.15, 0.2) is 23.0 Å². The van der Waals surface area contributed by atoms with E-state index in [1.165, 1.54) is 17.4 Å². The van der Waals surface area contributed by atoms with Crippen molar-refractivity contribution in [2.24, 2.45) is 5.73 Å². The number of rotatable bonds is 5. The zero-order valence-electron chi connectivity index (χ0n) is 8.92. The number of nitrogens with zero attached hydrogens (tertiary/aromatic N) is 1. The first-order chi connectivity index (χ1) is 7.50. The van der Waals surface area contributed by atoms with Crippen LogP contribution in [0.2, 0.25) is 0 Å². The summed E-state index contributed by atoms with van der Waals surface area (Å²) in [7, 11) is 1.57. The lowest BCUT2D eigenvalue weighted by Crippen LogP contribution is -2.42. The average molecular weight is 226 g/mol. The van der Waals surface area contributed by atoms with Gasteiger partial charge in [-0.3, -0.25) is 9.59 Å². The van der Waals surface area contributed by atoms with E-state index in [0.29, 0.717) is 6.54 Å². The van der Waals surface area contributed by atoms with Gasteiger partial charge in [0, 0.05) is 19.2 Å². The van der Waals surface area contributed by atoms with Gasteiger partial charge < -0.3 is 20.2 Å². The number of hydrogen-bond donors (Lipinski definition) is 2. The highest BCUT2D eigenvalue weighted by Gasteiger charge is 2.20. The molecule has 0 saturated carbocycles. The second-order valence-corrected chi connectivity index (χ2v) is 3.53. The van der Waals surface area contributed by atoms with E-state index in [-0.39, 0.29) is 6.42 Å². The largest absolute Gasteiger partial charge is 0.481 e. The fraction of sp³-hybridized carbons (Fsp3) is 0.400.